The van der Waals surface area contributed by atoms with Crippen molar-refractivity contribution in [3.05, 3.63) is 71.3 Å². The van der Waals surface area contributed by atoms with E-state index in [0.29, 0.717) is 0 Å². The topological polar surface area (TPSA) is 17.1 Å². The van der Waals surface area contributed by atoms with Gasteiger partial charge in [0.2, 0.25) is 0 Å². The molecule has 0 aromatic heterocycles. The van der Waals surface area contributed by atoms with E-state index in [9.17, 15) is 13.6 Å². The van der Waals surface area contributed by atoms with Crippen LogP contribution in [0.2, 0.25) is 0 Å². The van der Waals surface area contributed by atoms with E-state index in [1.54, 1.807) is 0 Å². The van der Waals surface area contributed by atoms with Gasteiger partial charge in [-0.15, -0.1) is 0 Å². The summed E-state index contributed by atoms with van der Waals surface area (Å²) in [5.74, 6) is -2.64. The zero-order chi connectivity index (χ0) is 15.4. The monoisotopic (exact) mass is 288 g/mol. The Kier molecular flexibility index (Phi) is 4.84. The fourth-order valence-corrected chi connectivity index (χ4v) is 2.52. The van der Waals surface area contributed by atoms with Crippen molar-refractivity contribution < 1.29 is 13.6 Å². The second-order valence-electron chi connectivity index (χ2n) is 5.23. The van der Waals surface area contributed by atoms with Crippen LogP contribution in [-0.4, -0.2) is 5.78 Å². The molecule has 2 aromatic rings. The molecule has 21 heavy (non-hydrogen) atoms. The third-order valence-electron chi connectivity index (χ3n) is 3.86. The van der Waals surface area contributed by atoms with E-state index < -0.39 is 28.9 Å². The highest BCUT2D eigenvalue weighted by atomic mass is 19.1. The number of ketones is 1. The molecule has 1 nitrogen and oxygen atoms in total. The molecule has 0 aliphatic heterocycles. The van der Waals surface area contributed by atoms with E-state index in [-0.39, 0.29) is 5.92 Å². The van der Waals surface area contributed by atoms with Crippen LogP contribution in [0.3, 0.4) is 0 Å². The van der Waals surface area contributed by atoms with Gasteiger partial charge in [0.25, 0.3) is 0 Å². The first kappa shape index (κ1) is 15.4. The highest BCUT2D eigenvalue weighted by Gasteiger charge is 2.30. The Bertz CT molecular complexity index is 602. The molecule has 2 atom stereocenters. The molecule has 110 valence electrons. The summed E-state index contributed by atoms with van der Waals surface area (Å²) >= 11 is 0. The van der Waals surface area contributed by atoms with E-state index >= 15 is 0 Å². The number of Topliss-reactive ketones (excluding diaryl/α,β-unsaturated/α-hetero) is 1. The third-order valence-corrected chi connectivity index (χ3v) is 3.86. The van der Waals surface area contributed by atoms with Gasteiger partial charge in [0.1, 0.15) is 11.6 Å². The Hall–Kier alpha value is -2.03. The van der Waals surface area contributed by atoms with Gasteiger partial charge in [-0.25, -0.2) is 8.78 Å². The van der Waals surface area contributed by atoms with Gasteiger partial charge in [-0.05, 0) is 23.6 Å². The van der Waals surface area contributed by atoms with Crippen LogP contribution >= 0.6 is 0 Å². The molecule has 0 saturated carbocycles. The highest BCUT2D eigenvalue weighted by molar-refractivity contribution is 6.01. The molecule has 0 fully saturated rings. The summed E-state index contributed by atoms with van der Waals surface area (Å²) < 4.78 is 27.8. The molecular weight excluding hydrogens is 270 g/mol. The SMILES string of the molecule is CCC(C)C(C(=O)c1c(F)cccc1F)c1ccccc1. The maximum absolute atomic E-state index is 13.9. The Morgan fingerprint density at radius 1 is 1.00 bits per heavy atom. The average molecular weight is 288 g/mol. The second-order valence-corrected chi connectivity index (χ2v) is 5.23. The molecule has 0 aliphatic rings. The van der Waals surface area contributed by atoms with Crippen molar-refractivity contribution in [2.24, 2.45) is 5.92 Å². The summed E-state index contributed by atoms with van der Waals surface area (Å²) in [6.07, 6.45) is 0.751. The molecule has 0 heterocycles. The van der Waals surface area contributed by atoms with E-state index in [1.165, 1.54) is 6.07 Å². The Morgan fingerprint density at radius 3 is 2.10 bits per heavy atom. The van der Waals surface area contributed by atoms with Crippen molar-refractivity contribution in [3.63, 3.8) is 0 Å². The van der Waals surface area contributed by atoms with Crippen LogP contribution < -0.4 is 0 Å². The van der Waals surface area contributed by atoms with Gasteiger partial charge in [0, 0.05) is 0 Å². The molecule has 0 aliphatic carbocycles. The number of hydrogen-bond acceptors (Lipinski definition) is 1. The first-order valence-corrected chi connectivity index (χ1v) is 7.09. The molecule has 0 radical (unpaired) electrons. The lowest BCUT2D eigenvalue weighted by Crippen LogP contribution is -2.22. The first-order valence-electron chi connectivity index (χ1n) is 7.09. The van der Waals surface area contributed by atoms with Gasteiger partial charge in [0.05, 0.1) is 11.5 Å². The molecular formula is C18H18F2O. The Balaban J connectivity index is 2.49. The highest BCUT2D eigenvalue weighted by Crippen LogP contribution is 2.32. The molecule has 2 aromatic carbocycles. The minimum atomic E-state index is -0.802. The van der Waals surface area contributed by atoms with Gasteiger partial charge in [-0.2, -0.15) is 0 Å². The fourth-order valence-electron chi connectivity index (χ4n) is 2.52. The van der Waals surface area contributed by atoms with E-state index in [4.69, 9.17) is 0 Å². The summed E-state index contributed by atoms with van der Waals surface area (Å²) in [7, 11) is 0. The number of hydrogen-bond donors (Lipinski definition) is 0. The smallest absolute Gasteiger partial charge is 0.176 e. The van der Waals surface area contributed by atoms with Crippen molar-refractivity contribution >= 4 is 5.78 Å². The molecule has 0 amide bonds. The number of halogens is 2. The molecule has 0 spiro atoms. The summed E-state index contributed by atoms with van der Waals surface area (Å²) in [5.41, 5.74) is 0.353. The molecule has 0 saturated heterocycles. The van der Waals surface area contributed by atoms with Gasteiger partial charge >= 0.3 is 0 Å². The van der Waals surface area contributed by atoms with Crippen molar-refractivity contribution in [3.8, 4) is 0 Å². The minimum Gasteiger partial charge on any atom is -0.293 e. The van der Waals surface area contributed by atoms with Crippen LogP contribution in [0.5, 0.6) is 0 Å². The standard InChI is InChI=1S/C18H18F2O/c1-3-12(2)16(13-8-5-4-6-9-13)18(21)17-14(19)10-7-11-15(17)20/h4-12,16H,3H2,1-2H3. The Labute approximate surface area is 123 Å². The van der Waals surface area contributed by atoms with Crippen LogP contribution in [0.4, 0.5) is 8.78 Å². The van der Waals surface area contributed by atoms with Crippen LogP contribution in [0.25, 0.3) is 0 Å². The summed E-state index contributed by atoms with van der Waals surface area (Å²) in [6.45, 7) is 3.89. The lowest BCUT2D eigenvalue weighted by molar-refractivity contribution is 0.0923. The minimum absolute atomic E-state index is 0.00101. The normalized spacial score (nSPS) is 13.7. The van der Waals surface area contributed by atoms with E-state index in [2.05, 4.69) is 0 Å². The maximum atomic E-state index is 13.9. The lowest BCUT2D eigenvalue weighted by atomic mass is 9.80. The quantitative estimate of drug-likeness (QED) is 0.709. The predicted molar refractivity (Wildman–Crippen MR) is 79.3 cm³/mol. The number of carbonyl (C=O) groups is 1. The Morgan fingerprint density at radius 2 is 1.57 bits per heavy atom. The molecule has 0 bridgehead atoms. The molecule has 2 unspecified atom stereocenters. The lowest BCUT2D eigenvalue weighted by Gasteiger charge is -2.22. The zero-order valence-electron chi connectivity index (χ0n) is 12.1. The van der Waals surface area contributed by atoms with Crippen molar-refractivity contribution in [2.45, 2.75) is 26.2 Å². The van der Waals surface area contributed by atoms with Crippen molar-refractivity contribution in [1.29, 1.82) is 0 Å². The van der Waals surface area contributed by atoms with Crippen molar-refractivity contribution in [1.82, 2.24) is 0 Å². The van der Waals surface area contributed by atoms with Gasteiger partial charge in [-0.3, -0.25) is 4.79 Å². The largest absolute Gasteiger partial charge is 0.293 e. The van der Waals surface area contributed by atoms with E-state index in [0.717, 1.165) is 24.1 Å². The average Bonchev–Trinajstić information content (AvgIpc) is 2.48. The van der Waals surface area contributed by atoms with Crippen LogP contribution in [-0.2, 0) is 0 Å². The van der Waals surface area contributed by atoms with Gasteiger partial charge in [0.15, 0.2) is 5.78 Å². The number of benzene rings is 2. The van der Waals surface area contributed by atoms with Crippen molar-refractivity contribution in [2.75, 3.05) is 0 Å². The van der Waals surface area contributed by atoms with Crippen LogP contribution in [0.1, 0.15) is 42.1 Å². The summed E-state index contributed by atoms with van der Waals surface area (Å²) in [5, 5.41) is 0. The number of carbonyl (C=O) groups excluding carboxylic acids is 1. The summed E-state index contributed by atoms with van der Waals surface area (Å²) in [6, 6.07) is 12.7. The number of rotatable bonds is 5. The predicted octanol–water partition coefficient (Wildman–Crippen LogP) is 4.98. The van der Waals surface area contributed by atoms with Crippen LogP contribution in [0.15, 0.2) is 48.5 Å². The second kappa shape index (κ2) is 6.61. The van der Waals surface area contributed by atoms with Gasteiger partial charge in [-0.1, -0.05) is 56.7 Å². The van der Waals surface area contributed by atoms with E-state index in [1.807, 2.05) is 44.2 Å². The zero-order valence-corrected chi connectivity index (χ0v) is 12.1. The molecule has 2 rings (SSSR count). The molecule has 0 N–H and O–H groups in total. The fraction of sp³-hybridized carbons (Fsp3) is 0.278. The third kappa shape index (κ3) is 3.18. The summed E-state index contributed by atoms with van der Waals surface area (Å²) in [4.78, 5) is 12.7. The van der Waals surface area contributed by atoms with Gasteiger partial charge < -0.3 is 0 Å². The maximum Gasteiger partial charge on any atom is 0.176 e. The van der Waals surface area contributed by atoms with Crippen LogP contribution in [0, 0.1) is 17.6 Å². The first-order chi connectivity index (χ1) is 10.1. The molecule has 3 heteroatoms.